The van der Waals surface area contributed by atoms with Crippen LogP contribution in [0.25, 0.3) is 0 Å². The summed E-state index contributed by atoms with van der Waals surface area (Å²) in [5, 5.41) is 0. The molecule has 0 bridgehead atoms. The van der Waals surface area contributed by atoms with Crippen molar-refractivity contribution in [2.45, 2.75) is 30.7 Å². The summed E-state index contributed by atoms with van der Waals surface area (Å²) in [6.07, 6.45) is 1.39. The average Bonchev–Trinajstić information content (AvgIpc) is 2.91. The predicted molar refractivity (Wildman–Crippen MR) is 103 cm³/mol. The second-order valence-electron chi connectivity index (χ2n) is 7.05. The number of nitrogens with zero attached hydrogens (tertiary/aromatic N) is 3. The Morgan fingerprint density at radius 2 is 1.93 bits per heavy atom. The molecule has 0 N–H and O–H groups in total. The fraction of sp³-hybridized carbons (Fsp3) is 0.632. The van der Waals surface area contributed by atoms with Crippen LogP contribution in [0.2, 0.25) is 0 Å². The van der Waals surface area contributed by atoms with Crippen LogP contribution in [0.1, 0.15) is 18.9 Å². The van der Waals surface area contributed by atoms with Gasteiger partial charge in [0.1, 0.15) is 6.04 Å². The maximum Gasteiger partial charge on any atom is 0.243 e. The zero-order valence-electron chi connectivity index (χ0n) is 16.1. The van der Waals surface area contributed by atoms with Crippen molar-refractivity contribution in [1.29, 1.82) is 0 Å². The SMILES string of the molecule is CCc1ccccc1S(=O)(=O)N1CCCN2CCN(CCOC)C(=O)C2C1. The molecule has 27 heavy (non-hydrogen) atoms. The predicted octanol–water partition coefficient (Wildman–Crippen LogP) is 0.803. The Kier molecular flexibility index (Phi) is 6.52. The van der Waals surface area contributed by atoms with E-state index in [2.05, 4.69) is 4.90 Å². The summed E-state index contributed by atoms with van der Waals surface area (Å²) in [5.74, 6) is 0.00387. The fourth-order valence-electron chi connectivity index (χ4n) is 3.91. The first kappa shape index (κ1) is 20.3. The molecule has 0 saturated carbocycles. The number of methoxy groups -OCH3 is 1. The Balaban J connectivity index is 1.84. The zero-order chi connectivity index (χ0) is 19.4. The van der Waals surface area contributed by atoms with Gasteiger partial charge >= 0.3 is 0 Å². The molecule has 2 fully saturated rings. The number of sulfonamides is 1. The van der Waals surface area contributed by atoms with Crippen LogP contribution < -0.4 is 0 Å². The highest BCUT2D eigenvalue weighted by Gasteiger charge is 2.40. The van der Waals surface area contributed by atoms with Crippen molar-refractivity contribution in [3.8, 4) is 0 Å². The number of amides is 1. The molecular formula is C19H29N3O4S. The molecule has 7 nitrogen and oxygen atoms in total. The maximum absolute atomic E-state index is 13.3. The van der Waals surface area contributed by atoms with Gasteiger partial charge < -0.3 is 9.64 Å². The number of ether oxygens (including phenoxy) is 1. The molecule has 2 heterocycles. The number of hydrogen-bond acceptors (Lipinski definition) is 5. The molecule has 2 aliphatic heterocycles. The molecule has 3 rings (SSSR count). The number of piperazine rings is 1. The minimum absolute atomic E-state index is 0.00387. The second kappa shape index (κ2) is 8.68. The molecule has 0 radical (unpaired) electrons. The second-order valence-corrected chi connectivity index (χ2v) is 8.95. The van der Waals surface area contributed by atoms with Crippen molar-refractivity contribution in [3.05, 3.63) is 29.8 Å². The Morgan fingerprint density at radius 3 is 2.67 bits per heavy atom. The van der Waals surface area contributed by atoms with Crippen LogP contribution in [0, 0.1) is 0 Å². The highest BCUT2D eigenvalue weighted by molar-refractivity contribution is 7.89. The summed E-state index contributed by atoms with van der Waals surface area (Å²) < 4.78 is 33.2. The summed E-state index contributed by atoms with van der Waals surface area (Å²) in [4.78, 5) is 17.2. The number of fused-ring (bicyclic) bond motifs is 1. The normalized spacial score (nSPS) is 22.5. The molecule has 0 aromatic heterocycles. The van der Waals surface area contributed by atoms with Crippen molar-refractivity contribution < 1.29 is 17.9 Å². The lowest BCUT2D eigenvalue weighted by Crippen LogP contribution is -2.60. The molecule has 1 amide bonds. The molecule has 2 aliphatic rings. The van der Waals surface area contributed by atoms with E-state index in [4.69, 9.17) is 4.74 Å². The van der Waals surface area contributed by atoms with Gasteiger partial charge in [-0.1, -0.05) is 25.1 Å². The van der Waals surface area contributed by atoms with Crippen LogP contribution in [-0.4, -0.2) is 87.5 Å². The molecule has 8 heteroatoms. The molecule has 150 valence electrons. The van der Waals surface area contributed by atoms with E-state index < -0.39 is 16.1 Å². The lowest BCUT2D eigenvalue weighted by Gasteiger charge is -2.40. The van der Waals surface area contributed by atoms with Crippen LogP contribution in [0.3, 0.4) is 0 Å². The largest absolute Gasteiger partial charge is 0.383 e. The summed E-state index contributed by atoms with van der Waals surface area (Å²) in [5.41, 5.74) is 0.815. The van der Waals surface area contributed by atoms with Gasteiger partial charge in [0.05, 0.1) is 11.5 Å². The highest BCUT2D eigenvalue weighted by atomic mass is 32.2. The summed E-state index contributed by atoms with van der Waals surface area (Å²) >= 11 is 0. The van der Waals surface area contributed by atoms with Gasteiger partial charge in [-0.2, -0.15) is 4.31 Å². The number of carbonyl (C=O) groups excluding carboxylic acids is 1. The van der Waals surface area contributed by atoms with E-state index in [1.165, 1.54) is 4.31 Å². The first-order valence-electron chi connectivity index (χ1n) is 9.59. The molecule has 0 aliphatic carbocycles. The Bertz CT molecular complexity index is 768. The van der Waals surface area contributed by atoms with Crippen LogP contribution >= 0.6 is 0 Å². The maximum atomic E-state index is 13.3. The van der Waals surface area contributed by atoms with Crippen molar-refractivity contribution in [2.24, 2.45) is 0 Å². The zero-order valence-corrected chi connectivity index (χ0v) is 17.0. The van der Waals surface area contributed by atoms with Crippen molar-refractivity contribution in [2.75, 3.05) is 53.0 Å². The van der Waals surface area contributed by atoms with Gasteiger partial charge in [0.2, 0.25) is 15.9 Å². The Labute approximate surface area is 161 Å². The Morgan fingerprint density at radius 1 is 1.15 bits per heavy atom. The average molecular weight is 396 g/mol. The topological polar surface area (TPSA) is 70.2 Å². The minimum atomic E-state index is -3.63. The van der Waals surface area contributed by atoms with Crippen LogP contribution in [-0.2, 0) is 26.0 Å². The van der Waals surface area contributed by atoms with E-state index in [1.807, 2.05) is 19.1 Å². The summed E-state index contributed by atoms with van der Waals surface area (Å²) in [6.45, 7) is 5.84. The number of aryl methyl sites for hydroxylation is 1. The molecule has 1 aromatic rings. The standard InChI is InChI=1S/C19H29N3O4S/c1-3-16-7-4-5-8-18(16)27(24,25)22-10-6-9-20-11-12-21(13-14-26-2)19(23)17(20)15-22/h4-5,7-8,17H,3,6,9-15H2,1-2H3. The molecule has 1 atom stereocenters. The smallest absolute Gasteiger partial charge is 0.243 e. The van der Waals surface area contributed by atoms with Gasteiger partial charge in [-0.25, -0.2) is 8.42 Å². The monoisotopic (exact) mass is 395 g/mol. The summed E-state index contributed by atoms with van der Waals surface area (Å²) in [7, 11) is -2.01. The van der Waals surface area contributed by atoms with Gasteiger partial charge in [0.15, 0.2) is 0 Å². The van der Waals surface area contributed by atoms with Crippen LogP contribution in [0.15, 0.2) is 29.2 Å². The summed E-state index contributed by atoms with van der Waals surface area (Å²) in [6, 6.07) is 6.73. The van der Waals surface area contributed by atoms with Crippen molar-refractivity contribution in [1.82, 2.24) is 14.1 Å². The molecule has 0 spiro atoms. The van der Waals surface area contributed by atoms with E-state index >= 15 is 0 Å². The number of rotatable bonds is 6. The molecular weight excluding hydrogens is 366 g/mol. The molecule has 1 unspecified atom stereocenters. The van der Waals surface area contributed by atoms with Crippen LogP contribution in [0.4, 0.5) is 0 Å². The Hall–Kier alpha value is -1.48. The third-order valence-corrected chi connectivity index (χ3v) is 7.43. The fourth-order valence-corrected chi connectivity index (χ4v) is 5.69. The van der Waals surface area contributed by atoms with Gasteiger partial charge in [-0.05, 0) is 24.5 Å². The third-order valence-electron chi connectivity index (χ3n) is 5.46. The van der Waals surface area contributed by atoms with Crippen molar-refractivity contribution in [3.63, 3.8) is 0 Å². The van der Waals surface area contributed by atoms with Gasteiger partial charge in [-0.3, -0.25) is 9.69 Å². The van der Waals surface area contributed by atoms with E-state index in [9.17, 15) is 13.2 Å². The number of hydrogen-bond donors (Lipinski definition) is 0. The molecule has 2 saturated heterocycles. The van der Waals surface area contributed by atoms with Gasteiger partial charge in [-0.15, -0.1) is 0 Å². The number of carbonyl (C=O) groups is 1. The van der Waals surface area contributed by atoms with Crippen molar-refractivity contribution >= 4 is 15.9 Å². The molecule has 1 aromatic carbocycles. The van der Waals surface area contributed by atoms with Gasteiger partial charge in [0.25, 0.3) is 0 Å². The first-order chi connectivity index (χ1) is 13.0. The quantitative estimate of drug-likeness (QED) is 0.713. The lowest BCUT2D eigenvalue weighted by atomic mass is 10.1. The van der Waals surface area contributed by atoms with Gasteiger partial charge in [0, 0.05) is 46.4 Å². The highest BCUT2D eigenvalue weighted by Crippen LogP contribution is 2.25. The minimum Gasteiger partial charge on any atom is -0.383 e. The lowest BCUT2D eigenvalue weighted by molar-refractivity contribution is -0.142. The van der Waals surface area contributed by atoms with E-state index in [1.54, 1.807) is 24.1 Å². The third kappa shape index (κ3) is 4.18. The van der Waals surface area contributed by atoms with E-state index in [0.29, 0.717) is 37.6 Å². The number of benzene rings is 1. The first-order valence-corrected chi connectivity index (χ1v) is 11.0. The van der Waals surface area contributed by atoms with Crippen LogP contribution in [0.5, 0.6) is 0 Å². The van der Waals surface area contributed by atoms with E-state index in [-0.39, 0.29) is 12.5 Å². The van der Waals surface area contributed by atoms with E-state index in [0.717, 1.165) is 25.1 Å².